The van der Waals surface area contributed by atoms with Crippen LogP contribution >= 0.6 is 23.2 Å². The summed E-state index contributed by atoms with van der Waals surface area (Å²) in [5.41, 5.74) is 1.10. The summed E-state index contributed by atoms with van der Waals surface area (Å²) in [4.78, 5) is 13.4. The molecule has 1 aromatic rings. The van der Waals surface area contributed by atoms with Crippen molar-refractivity contribution in [1.82, 2.24) is 4.90 Å². The van der Waals surface area contributed by atoms with E-state index in [9.17, 15) is 4.79 Å². The molecular weight excluding hydrogens is 281 g/mol. The molecule has 0 aromatic heterocycles. The van der Waals surface area contributed by atoms with Gasteiger partial charge in [-0.1, -0.05) is 36.4 Å². The number of likely N-dealkylation sites (tertiary alicyclic amines) is 1. The molecular formula is C15H17Cl2NO. The van der Waals surface area contributed by atoms with Crippen LogP contribution in [0.5, 0.6) is 0 Å². The maximum absolute atomic E-state index is 12.5. The number of rotatable bonds is 5. The minimum absolute atomic E-state index is 0.0370. The maximum Gasteiger partial charge on any atom is 0.244 e. The van der Waals surface area contributed by atoms with E-state index in [1.165, 1.54) is 0 Å². The van der Waals surface area contributed by atoms with Gasteiger partial charge >= 0.3 is 0 Å². The van der Waals surface area contributed by atoms with Crippen molar-refractivity contribution >= 4 is 29.1 Å². The number of nitrogens with zero attached hydrogens (tertiary/aromatic N) is 1. The Bertz CT molecular complexity index is 462. The third kappa shape index (κ3) is 2.80. The van der Waals surface area contributed by atoms with Crippen LogP contribution in [0.15, 0.2) is 43.0 Å². The monoisotopic (exact) mass is 297 g/mol. The predicted molar refractivity (Wildman–Crippen MR) is 79.5 cm³/mol. The number of benzene rings is 1. The van der Waals surface area contributed by atoms with E-state index < -0.39 is 4.87 Å². The first kappa shape index (κ1) is 14.4. The van der Waals surface area contributed by atoms with Crippen molar-refractivity contribution in [3.63, 3.8) is 0 Å². The van der Waals surface area contributed by atoms with Crippen LogP contribution in [0.1, 0.15) is 12.0 Å². The van der Waals surface area contributed by atoms with Gasteiger partial charge in [0.05, 0.1) is 0 Å². The van der Waals surface area contributed by atoms with Crippen LogP contribution < -0.4 is 0 Å². The topological polar surface area (TPSA) is 20.3 Å². The van der Waals surface area contributed by atoms with Crippen molar-refractivity contribution in [3.05, 3.63) is 48.6 Å². The van der Waals surface area contributed by atoms with Crippen LogP contribution in [0.4, 0.5) is 0 Å². The molecule has 4 heteroatoms. The summed E-state index contributed by atoms with van der Waals surface area (Å²) >= 11 is 12.5. The summed E-state index contributed by atoms with van der Waals surface area (Å²) in [7, 11) is 0. The van der Waals surface area contributed by atoms with Gasteiger partial charge in [0, 0.05) is 24.9 Å². The molecule has 1 fully saturated rings. The van der Waals surface area contributed by atoms with Crippen molar-refractivity contribution in [3.8, 4) is 0 Å². The number of hydrogen-bond acceptors (Lipinski definition) is 1. The first-order chi connectivity index (χ1) is 9.11. The van der Waals surface area contributed by atoms with E-state index in [1.807, 2.05) is 30.3 Å². The fourth-order valence-corrected chi connectivity index (χ4v) is 3.32. The van der Waals surface area contributed by atoms with Crippen molar-refractivity contribution in [1.29, 1.82) is 0 Å². The van der Waals surface area contributed by atoms with E-state index in [0.717, 1.165) is 5.56 Å². The SMILES string of the molecule is C=CC[C@@]1(Cl)C(=O)N(Cc2ccccc2)C[C@@H]1CCl. The lowest BCUT2D eigenvalue weighted by Gasteiger charge is -2.23. The molecule has 0 unspecified atom stereocenters. The maximum atomic E-state index is 12.5. The molecule has 2 nitrogen and oxygen atoms in total. The molecule has 0 radical (unpaired) electrons. The highest BCUT2D eigenvalue weighted by molar-refractivity contribution is 6.36. The number of carbonyl (C=O) groups excluding carboxylic acids is 1. The standard InChI is InChI=1S/C15H17Cl2NO/c1-2-8-15(17)13(9-16)11-18(14(15)19)10-12-6-4-3-5-7-12/h2-7,13H,1,8-11H2/t13-,15-/m0/s1. The molecule has 102 valence electrons. The minimum atomic E-state index is -0.918. The molecule has 2 rings (SSSR count). The third-order valence-electron chi connectivity index (χ3n) is 3.57. The number of hydrogen-bond donors (Lipinski definition) is 0. The quantitative estimate of drug-likeness (QED) is 0.602. The zero-order chi connectivity index (χ0) is 13.9. The predicted octanol–water partition coefficient (Wildman–Crippen LogP) is 3.44. The average molecular weight is 298 g/mol. The Morgan fingerprint density at radius 1 is 1.42 bits per heavy atom. The van der Waals surface area contributed by atoms with Gasteiger partial charge < -0.3 is 4.90 Å². The molecule has 1 saturated heterocycles. The second-order valence-electron chi connectivity index (χ2n) is 4.88. The van der Waals surface area contributed by atoms with Crippen LogP contribution in [0, 0.1) is 5.92 Å². The van der Waals surface area contributed by atoms with Crippen LogP contribution in [-0.2, 0) is 11.3 Å². The van der Waals surface area contributed by atoms with Crippen LogP contribution in [-0.4, -0.2) is 28.1 Å². The zero-order valence-corrected chi connectivity index (χ0v) is 12.2. The summed E-state index contributed by atoms with van der Waals surface area (Å²) in [6.45, 7) is 4.87. The average Bonchev–Trinajstić information content (AvgIpc) is 2.65. The van der Waals surface area contributed by atoms with E-state index in [0.29, 0.717) is 25.4 Å². The Morgan fingerprint density at radius 2 is 2.11 bits per heavy atom. The van der Waals surface area contributed by atoms with Crippen molar-refractivity contribution in [2.24, 2.45) is 5.92 Å². The minimum Gasteiger partial charge on any atom is -0.336 e. The number of amides is 1. The normalized spacial score (nSPS) is 26.7. The molecule has 0 aliphatic carbocycles. The Hall–Kier alpha value is -0.990. The molecule has 0 N–H and O–H groups in total. The summed E-state index contributed by atoms with van der Waals surface area (Å²) in [5.74, 6) is 0.308. The summed E-state index contributed by atoms with van der Waals surface area (Å²) in [6.07, 6.45) is 2.15. The van der Waals surface area contributed by atoms with Crippen LogP contribution in [0.3, 0.4) is 0 Å². The van der Waals surface area contributed by atoms with Gasteiger partial charge in [0.25, 0.3) is 0 Å². The second-order valence-corrected chi connectivity index (χ2v) is 5.86. The van der Waals surface area contributed by atoms with Crippen molar-refractivity contribution in [2.75, 3.05) is 12.4 Å². The number of alkyl halides is 2. The lowest BCUT2D eigenvalue weighted by Crippen LogP contribution is -2.38. The van der Waals surface area contributed by atoms with Crippen molar-refractivity contribution < 1.29 is 4.79 Å². The zero-order valence-electron chi connectivity index (χ0n) is 10.7. The van der Waals surface area contributed by atoms with Gasteiger partial charge in [0.2, 0.25) is 5.91 Å². The Morgan fingerprint density at radius 3 is 2.68 bits per heavy atom. The van der Waals surface area contributed by atoms with E-state index in [-0.39, 0.29) is 11.8 Å². The van der Waals surface area contributed by atoms with E-state index in [2.05, 4.69) is 6.58 Å². The lowest BCUT2D eigenvalue weighted by atomic mass is 9.93. The highest BCUT2D eigenvalue weighted by Gasteiger charge is 2.51. The molecule has 1 amide bonds. The van der Waals surface area contributed by atoms with E-state index in [1.54, 1.807) is 11.0 Å². The molecule has 19 heavy (non-hydrogen) atoms. The van der Waals surface area contributed by atoms with Gasteiger partial charge in [-0.3, -0.25) is 4.79 Å². The van der Waals surface area contributed by atoms with Gasteiger partial charge in [-0.2, -0.15) is 0 Å². The number of halogens is 2. The van der Waals surface area contributed by atoms with E-state index >= 15 is 0 Å². The molecule has 1 aromatic carbocycles. The molecule has 1 aliphatic heterocycles. The van der Waals surface area contributed by atoms with Crippen LogP contribution in [0.2, 0.25) is 0 Å². The summed E-state index contributed by atoms with van der Waals surface area (Å²) in [6, 6.07) is 9.90. The molecule has 0 spiro atoms. The van der Waals surface area contributed by atoms with Gasteiger partial charge in [0.1, 0.15) is 4.87 Å². The summed E-state index contributed by atoms with van der Waals surface area (Å²) in [5, 5.41) is 0. The Balaban J connectivity index is 2.16. The first-order valence-electron chi connectivity index (χ1n) is 6.31. The van der Waals surface area contributed by atoms with Gasteiger partial charge in [-0.15, -0.1) is 29.8 Å². The second kappa shape index (κ2) is 5.98. The molecule has 2 atom stereocenters. The van der Waals surface area contributed by atoms with Crippen LogP contribution in [0.25, 0.3) is 0 Å². The highest BCUT2D eigenvalue weighted by Crippen LogP contribution is 2.39. The molecule has 1 aliphatic rings. The fraction of sp³-hybridized carbons (Fsp3) is 0.400. The van der Waals surface area contributed by atoms with Gasteiger partial charge in [0.15, 0.2) is 0 Å². The van der Waals surface area contributed by atoms with Gasteiger partial charge in [-0.05, 0) is 12.0 Å². The summed E-state index contributed by atoms with van der Waals surface area (Å²) < 4.78 is 0. The third-order valence-corrected chi connectivity index (χ3v) is 4.57. The molecule has 0 bridgehead atoms. The highest BCUT2D eigenvalue weighted by atomic mass is 35.5. The number of allylic oxidation sites excluding steroid dienone is 1. The Kier molecular flexibility index (Phi) is 4.54. The first-order valence-corrected chi connectivity index (χ1v) is 7.22. The fourth-order valence-electron chi connectivity index (χ4n) is 2.51. The lowest BCUT2D eigenvalue weighted by molar-refractivity contribution is -0.130. The van der Waals surface area contributed by atoms with Gasteiger partial charge in [-0.25, -0.2) is 0 Å². The molecule has 0 saturated carbocycles. The molecule has 1 heterocycles. The van der Waals surface area contributed by atoms with E-state index in [4.69, 9.17) is 23.2 Å². The largest absolute Gasteiger partial charge is 0.336 e. The number of carbonyl (C=O) groups is 1. The smallest absolute Gasteiger partial charge is 0.244 e. The Labute approximate surface area is 124 Å². The van der Waals surface area contributed by atoms with Crippen molar-refractivity contribution in [2.45, 2.75) is 17.8 Å².